The summed E-state index contributed by atoms with van der Waals surface area (Å²) in [5.41, 5.74) is 3.94. The van der Waals surface area contributed by atoms with Gasteiger partial charge in [0.05, 0.1) is 10.6 Å². The molecule has 128 valence electrons. The molecule has 0 saturated carbocycles. The van der Waals surface area contributed by atoms with Gasteiger partial charge in [-0.25, -0.2) is 4.98 Å². The molecule has 0 bridgehead atoms. The molecule has 0 unspecified atom stereocenters. The van der Waals surface area contributed by atoms with E-state index in [1.807, 2.05) is 36.6 Å². The van der Waals surface area contributed by atoms with E-state index in [1.165, 1.54) is 23.5 Å². The Bertz CT molecular complexity index is 999. The molecule has 0 aliphatic heterocycles. The van der Waals surface area contributed by atoms with Crippen molar-refractivity contribution in [2.24, 2.45) is 0 Å². The molecule has 1 aromatic heterocycles. The van der Waals surface area contributed by atoms with Crippen molar-refractivity contribution in [2.75, 3.05) is 5.32 Å². The van der Waals surface area contributed by atoms with E-state index in [9.17, 15) is 15.4 Å². The maximum atomic E-state index is 10.7. The fraction of sp³-hybridized carbons (Fsp3) is 0.0526. The number of rotatable bonds is 5. The topological polar surface area (TPSA) is 91.8 Å². The number of nitriles is 1. The van der Waals surface area contributed by atoms with E-state index in [2.05, 4.69) is 16.4 Å². The molecule has 0 radical (unpaired) electrons. The number of hydrogen-bond acceptors (Lipinski definition) is 6. The number of nitrogens with zero attached hydrogens (tertiary/aromatic N) is 3. The lowest BCUT2D eigenvalue weighted by atomic mass is 10.1. The molecule has 0 fully saturated rings. The highest BCUT2D eigenvalue weighted by Gasteiger charge is 2.11. The second kappa shape index (κ2) is 7.59. The standard InChI is InChI=1S/C19H14N4O2S/c1-13-2-6-16(7-3-13)21-11-15(10-20)19-22-18(12-26-19)14-4-8-17(9-5-14)23(24)25/h2-9,11-12,21H,1H3/b15-11+. The summed E-state index contributed by atoms with van der Waals surface area (Å²) < 4.78 is 0. The quantitative estimate of drug-likeness (QED) is 0.391. The number of benzene rings is 2. The van der Waals surface area contributed by atoms with Gasteiger partial charge >= 0.3 is 0 Å². The molecule has 0 aliphatic carbocycles. The van der Waals surface area contributed by atoms with Gasteiger partial charge in [0.1, 0.15) is 16.6 Å². The molecule has 1 N–H and O–H groups in total. The van der Waals surface area contributed by atoms with Crippen LogP contribution in [0, 0.1) is 28.4 Å². The van der Waals surface area contributed by atoms with Crippen molar-refractivity contribution < 1.29 is 4.92 Å². The van der Waals surface area contributed by atoms with Crippen LogP contribution in [-0.2, 0) is 0 Å². The van der Waals surface area contributed by atoms with Gasteiger partial charge in [-0.05, 0) is 31.2 Å². The van der Waals surface area contributed by atoms with Crippen molar-refractivity contribution in [3.8, 4) is 17.3 Å². The summed E-state index contributed by atoms with van der Waals surface area (Å²) in [6, 6.07) is 16.2. The number of non-ortho nitro benzene ring substituents is 1. The first-order valence-corrected chi connectivity index (χ1v) is 8.59. The molecule has 0 saturated heterocycles. The summed E-state index contributed by atoms with van der Waals surface area (Å²) in [5, 5.41) is 25.7. The lowest BCUT2D eigenvalue weighted by Gasteiger charge is -2.01. The molecule has 0 aliphatic rings. The van der Waals surface area contributed by atoms with E-state index < -0.39 is 4.92 Å². The fourth-order valence-corrected chi connectivity index (χ4v) is 3.03. The lowest BCUT2D eigenvalue weighted by Crippen LogP contribution is -1.91. The minimum atomic E-state index is -0.441. The van der Waals surface area contributed by atoms with Gasteiger partial charge in [-0.1, -0.05) is 17.7 Å². The molecule has 7 heteroatoms. The summed E-state index contributed by atoms with van der Waals surface area (Å²) in [5.74, 6) is 0. The third kappa shape index (κ3) is 3.94. The third-order valence-corrected chi connectivity index (χ3v) is 4.54. The van der Waals surface area contributed by atoms with Crippen LogP contribution in [0.15, 0.2) is 60.1 Å². The molecule has 26 heavy (non-hydrogen) atoms. The summed E-state index contributed by atoms with van der Waals surface area (Å²) in [7, 11) is 0. The normalized spacial score (nSPS) is 11.0. The number of allylic oxidation sites excluding steroid dienone is 1. The van der Waals surface area contributed by atoms with E-state index in [-0.39, 0.29) is 5.69 Å². The number of hydrogen-bond donors (Lipinski definition) is 1. The van der Waals surface area contributed by atoms with E-state index in [4.69, 9.17) is 0 Å². The molecule has 3 rings (SSSR count). The first-order valence-electron chi connectivity index (χ1n) is 7.71. The number of aromatic nitrogens is 1. The first kappa shape index (κ1) is 17.3. The second-order valence-electron chi connectivity index (χ2n) is 5.52. The van der Waals surface area contributed by atoms with Crippen molar-refractivity contribution in [1.29, 1.82) is 5.26 Å². The number of anilines is 1. The van der Waals surface area contributed by atoms with Crippen LogP contribution in [0.3, 0.4) is 0 Å². The maximum absolute atomic E-state index is 10.7. The minimum absolute atomic E-state index is 0.0316. The SMILES string of the molecule is Cc1ccc(N/C=C(\C#N)c2nc(-c3ccc([N+](=O)[O-])cc3)cs2)cc1. The molecule has 0 atom stereocenters. The number of nitro groups is 1. The monoisotopic (exact) mass is 362 g/mol. The van der Waals surface area contributed by atoms with Crippen LogP contribution in [0.25, 0.3) is 16.8 Å². The fourth-order valence-electron chi connectivity index (χ4n) is 2.23. The zero-order valence-electron chi connectivity index (χ0n) is 13.8. The molecule has 0 spiro atoms. The average Bonchev–Trinajstić information content (AvgIpc) is 3.14. The van der Waals surface area contributed by atoms with Gasteiger partial charge in [0.2, 0.25) is 0 Å². The third-order valence-electron chi connectivity index (χ3n) is 3.66. The van der Waals surface area contributed by atoms with Gasteiger partial charge in [0, 0.05) is 35.0 Å². The summed E-state index contributed by atoms with van der Waals surface area (Å²) in [4.78, 5) is 14.8. The van der Waals surface area contributed by atoms with E-state index in [1.54, 1.807) is 18.3 Å². The number of nitrogens with one attached hydrogen (secondary N) is 1. The molecule has 3 aromatic rings. The highest BCUT2D eigenvalue weighted by atomic mass is 32.1. The van der Waals surface area contributed by atoms with Crippen LogP contribution >= 0.6 is 11.3 Å². The lowest BCUT2D eigenvalue weighted by molar-refractivity contribution is -0.384. The number of nitro benzene ring substituents is 1. The summed E-state index contributed by atoms with van der Waals surface area (Å²) in [6.07, 6.45) is 1.63. The largest absolute Gasteiger partial charge is 0.360 e. The van der Waals surface area contributed by atoms with Crippen LogP contribution in [0.1, 0.15) is 10.6 Å². The van der Waals surface area contributed by atoms with Crippen LogP contribution < -0.4 is 5.32 Å². The number of thiazole rings is 1. The zero-order valence-corrected chi connectivity index (χ0v) is 14.7. The number of aryl methyl sites for hydroxylation is 1. The molecular weight excluding hydrogens is 348 g/mol. The van der Waals surface area contributed by atoms with E-state index in [0.717, 1.165) is 16.8 Å². The Morgan fingerprint density at radius 1 is 1.23 bits per heavy atom. The van der Waals surface area contributed by atoms with E-state index >= 15 is 0 Å². The van der Waals surface area contributed by atoms with Gasteiger partial charge in [-0.15, -0.1) is 11.3 Å². The predicted molar refractivity (Wildman–Crippen MR) is 103 cm³/mol. The van der Waals surface area contributed by atoms with Crippen LogP contribution in [0.4, 0.5) is 11.4 Å². The Labute approximate surface area is 154 Å². The van der Waals surface area contributed by atoms with Gasteiger partial charge < -0.3 is 5.32 Å². The predicted octanol–water partition coefficient (Wildman–Crippen LogP) is 5.00. The Kier molecular flexibility index (Phi) is 5.06. The van der Waals surface area contributed by atoms with Crippen molar-refractivity contribution >= 4 is 28.3 Å². The van der Waals surface area contributed by atoms with Gasteiger partial charge in [0.15, 0.2) is 0 Å². The van der Waals surface area contributed by atoms with Gasteiger partial charge in [-0.3, -0.25) is 10.1 Å². The van der Waals surface area contributed by atoms with Crippen LogP contribution in [-0.4, -0.2) is 9.91 Å². The van der Waals surface area contributed by atoms with Gasteiger partial charge in [0.25, 0.3) is 5.69 Å². The molecule has 1 heterocycles. The molecule has 0 amide bonds. The average molecular weight is 362 g/mol. The highest BCUT2D eigenvalue weighted by Crippen LogP contribution is 2.27. The Morgan fingerprint density at radius 2 is 1.92 bits per heavy atom. The van der Waals surface area contributed by atoms with Crippen molar-refractivity contribution in [3.63, 3.8) is 0 Å². The van der Waals surface area contributed by atoms with Gasteiger partial charge in [-0.2, -0.15) is 5.26 Å². The zero-order chi connectivity index (χ0) is 18.5. The smallest absolute Gasteiger partial charge is 0.269 e. The maximum Gasteiger partial charge on any atom is 0.269 e. The molecular formula is C19H14N4O2S. The van der Waals surface area contributed by atoms with Crippen molar-refractivity contribution in [1.82, 2.24) is 4.98 Å². The first-order chi connectivity index (χ1) is 12.6. The van der Waals surface area contributed by atoms with Crippen molar-refractivity contribution in [2.45, 2.75) is 6.92 Å². The van der Waals surface area contributed by atoms with Crippen LogP contribution in [0.2, 0.25) is 0 Å². The van der Waals surface area contributed by atoms with Crippen molar-refractivity contribution in [3.05, 3.63) is 80.8 Å². The second-order valence-corrected chi connectivity index (χ2v) is 6.38. The molecule has 2 aromatic carbocycles. The Morgan fingerprint density at radius 3 is 2.54 bits per heavy atom. The minimum Gasteiger partial charge on any atom is -0.360 e. The summed E-state index contributed by atoms with van der Waals surface area (Å²) in [6.45, 7) is 2.01. The molecule has 6 nitrogen and oxygen atoms in total. The Hall–Kier alpha value is -3.50. The summed E-state index contributed by atoms with van der Waals surface area (Å²) >= 11 is 1.35. The van der Waals surface area contributed by atoms with Crippen LogP contribution in [0.5, 0.6) is 0 Å². The highest BCUT2D eigenvalue weighted by molar-refractivity contribution is 7.11. The van der Waals surface area contributed by atoms with E-state index in [0.29, 0.717) is 16.3 Å². The Balaban J connectivity index is 1.80.